The second-order valence-electron chi connectivity index (χ2n) is 9.75. The Bertz CT molecular complexity index is 1930. The Balaban J connectivity index is 1.69. The van der Waals surface area contributed by atoms with Gasteiger partial charge < -0.3 is 18.8 Å². The van der Waals surface area contributed by atoms with Gasteiger partial charge in [-0.25, -0.2) is 14.6 Å². The van der Waals surface area contributed by atoms with Gasteiger partial charge in [0.2, 0.25) is 0 Å². The second kappa shape index (κ2) is 11.7. The Morgan fingerprint density at radius 2 is 1.79 bits per heavy atom. The van der Waals surface area contributed by atoms with Crippen LogP contribution < -0.4 is 19.6 Å². The van der Waals surface area contributed by atoms with E-state index in [1.54, 1.807) is 49.8 Å². The van der Waals surface area contributed by atoms with Gasteiger partial charge in [-0.2, -0.15) is 0 Å². The van der Waals surface area contributed by atoms with Gasteiger partial charge >= 0.3 is 11.9 Å². The molecule has 0 radical (unpaired) electrons. The van der Waals surface area contributed by atoms with E-state index in [1.807, 2.05) is 54.8 Å². The molecule has 9 nitrogen and oxygen atoms in total. The molecule has 0 N–H and O–H groups in total. The van der Waals surface area contributed by atoms with E-state index in [0.29, 0.717) is 37.5 Å². The van der Waals surface area contributed by atoms with Crippen molar-refractivity contribution >= 4 is 29.4 Å². The van der Waals surface area contributed by atoms with Gasteiger partial charge in [0.15, 0.2) is 4.80 Å². The number of ether oxygens (including phenoxy) is 3. The SMILES string of the molecule is CCOC(=O)C1=C(C)N=c2s/c(=C/c3cc(C)n(-c4cccc(C(=O)OC)c4)c3C)c(=O)n2[C@H]1c1ccccc1OC. The maximum atomic E-state index is 14.1. The van der Waals surface area contributed by atoms with E-state index in [-0.39, 0.29) is 12.2 Å². The molecule has 1 atom stereocenters. The summed E-state index contributed by atoms with van der Waals surface area (Å²) in [5.74, 6) is -0.393. The van der Waals surface area contributed by atoms with E-state index in [9.17, 15) is 14.4 Å². The zero-order chi connectivity index (χ0) is 30.1. The summed E-state index contributed by atoms with van der Waals surface area (Å²) in [5, 5.41) is 0. The van der Waals surface area contributed by atoms with E-state index >= 15 is 0 Å². The van der Waals surface area contributed by atoms with Gasteiger partial charge in [-0.3, -0.25) is 9.36 Å². The number of aromatic nitrogens is 2. The van der Waals surface area contributed by atoms with Crippen LogP contribution in [0.5, 0.6) is 5.75 Å². The van der Waals surface area contributed by atoms with Crippen LogP contribution in [0.1, 0.15) is 52.8 Å². The smallest absolute Gasteiger partial charge is 0.338 e. The Hall–Kier alpha value is -4.70. The lowest BCUT2D eigenvalue weighted by atomic mass is 9.95. The number of rotatable bonds is 7. The van der Waals surface area contributed by atoms with Crippen LogP contribution in [0.2, 0.25) is 0 Å². The monoisotopic (exact) mass is 585 g/mol. The lowest BCUT2D eigenvalue weighted by Crippen LogP contribution is -2.40. The number of hydrogen-bond donors (Lipinski definition) is 0. The van der Waals surface area contributed by atoms with Crippen molar-refractivity contribution in [3.8, 4) is 11.4 Å². The first kappa shape index (κ1) is 28.8. The first-order valence-corrected chi connectivity index (χ1v) is 14.2. The predicted octanol–water partition coefficient (Wildman–Crippen LogP) is 4.00. The van der Waals surface area contributed by atoms with E-state index in [0.717, 1.165) is 22.6 Å². The van der Waals surface area contributed by atoms with Crippen LogP contribution in [-0.2, 0) is 14.3 Å². The summed E-state index contributed by atoms with van der Waals surface area (Å²) in [4.78, 5) is 44.5. The number of hydrogen-bond acceptors (Lipinski definition) is 8. The van der Waals surface area contributed by atoms with E-state index in [1.165, 1.54) is 18.4 Å². The lowest BCUT2D eigenvalue weighted by Gasteiger charge is -2.25. The number of esters is 2. The molecule has 0 unspecified atom stereocenters. The highest BCUT2D eigenvalue weighted by atomic mass is 32.1. The van der Waals surface area contributed by atoms with Crippen molar-refractivity contribution in [3.05, 3.63) is 114 Å². The van der Waals surface area contributed by atoms with Gasteiger partial charge in [0.1, 0.15) is 11.8 Å². The molecule has 216 valence electrons. The maximum absolute atomic E-state index is 14.1. The highest BCUT2D eigenvalue weighted by Crippen LogP contribution is 2.35. The largest absolute Gasteiger partial charge is 0.496 e. The van der Waals surface area contributed by atoms with E-state index in [4.69, 9.17) is 14.2 Å². The number of thiazole rings is 1. The zero-order valence-electron chi connectivity index (χ0n) is 24.3. The highest BCUT2D eigenvalue weighted by molar-refractivity contribution is 7.07. The molecule has 3 heterocycles. The number of carbonyl (C=O) groups excluding carboxylic acids is 2. The molecule has 0 saturated carbocycles. The van der Waals surface area contributed by atoms with Crippen molar-refractivity contribution in [2.45, 2.75) is 33.7 Å². The zero-order valence-corrected chi connectivity index (χ0v) is 25.1. The molecule has 0 aliphatic carbocycles. The number of fused-ring (bicyclic) bond motifs is 1. The average molecular weight is 586 g/mol. The van der Waals surface area contributed by atoms with Crippen molar-refractivity contribution in [2.75, 3.05) is 20.8 Å². The van der Waals surface area contributed by atoms with Crippen LogP contribution in [-0.4, -0.2) is 41.9 Å². The fraction of sp³-hybridized carbons (Fsp3) is 0.250. The molecule has 0 fully saturated rings. The van der Waals surface area contributed by atoms with Crippen molar-refractivity contribution in [2.24, 2.45) is 4.99 Å². The molecule has 0 bridgehead atoms. The fourth-order valence-corrected chi connectivity index (χ4v) is 6.38. The van der Waals surface area contributed by atoms with Crippen molar-refractivity contribution < 1.29 is 23.8 Å². The quantitative estimate of drug-likeness (QED) is 0.304. The van der Waals surface area contributed by atoms with E-state index < -0.39 is 18.0 Å². The predicted molar refractivity (Wildman–Crippen MR) is 160 cm³/mol. The summed E-state index contributed by atoms with van der Waals surface area (Å²) in [6.45, 7) is 7.61. The molecular weight excluding hydrogens is 554 g/mol. The van der Waals surface area contributed by atoms with Crippen molar-refractivity contribution in [1.29, 1.82) is 0 Å². The molecule has 10 heteroatoms. The average Bonchev–Trinajstić information content (AvgIpc) is 3.45. The maximum Gasteiger partial charge on any atom is 0.338 e. The Morgan fingerprint density at radius 3 is 2.50 bits per heavy atom. The Kier molecular flexibility index (Phi) is 8.00. The molecular formula is C32H31N3O6S. The number of nitrogens with zero attached hydrogens (tertiary/aromatic N) is 3. The van der Waals surface area contributed by atoms with Gasteiger partial charge in [-0.1, -0.05) is 35.6 Å². The van der Waals surface area contributed by atoms with Crippen LogP contribution in [0.25, 0.3) is 11.8 Å². The number of para-hydroxylation sites is 1. The lowest BCUT2D eigenvalue weighted by molar-refractivity contribution is -0.139. The summed E-state index contributed by atoms with van der Waals surface area (Å²) in [6, 6.07) is 15.7. The van der Waals surface area contributed by atoms with Crippen LogP contribution in [0.3, 0.4) is 0 Å². The number of allylic oxidation sites excluding steroid dienone is 1. The third-order valence-electron chi connectivity index (χ3n) is 7.23. The third-order valence-corrected chi connectivity index (χ3v) is 8.22. The van der Waals surface area contributed by atoms with Gasteiger partial charge in [0.25, 0.3) is 5.56 Å². The molecule has 2 aromatic carbocycles. The molecule has 0 amide bonds. The Labute approximate surface area is 246 Å². The van der Waals surface area contributed by atoms with Crippen LogP contribution in [0.15, 0.2) is 75.7 Å². The number of benzene rings is 2. The molecule has 4 aromatic rings. The summed E-state index contributed by atoms with van der Waals surface area (Å²) in [5.41, 5.74) is 5.09. The molecule has 42 heavy (non-hydrogen) atoms. The van der Waals surface area contributed by atoms with Crippen LogP contribution >= 0.6 is 11.3 Å². The molecule has 1 aliphatic heterocycles. The second-order valence-corrected chi connectivity index (χ2v) is 10.8. The van der Waals surface area contributed by atoms with Crippen molar-refractivity contribution in [3.63, 3.8) is 0 Å². The minimum Gasteiger partial charge on any atom is -0.496 e. The first-order valence-electron chi connectivity index (χ1n) is 13.4. The van der Waals surface area contributed by atoms with Gasteiger partial charge in [0, 0.05) is 22.6 Å². The number of aryl methyl sites for hydroxylation is 1. The van der Waals surface area contributed by atoms with Gasteiger partial charge in [0.05, 0.1) is 42.2 Å². The minimum absolute atomic E-state index is 0.191. The number of carbonyl (C=O) groups is 2. The topological polar surface area (TPSA) is 101 Å². The first-order chi connectivity index (χ1) is 20.2. The van der Waals surface area contributed by atoms with Crippen molar-refractivity contribution in [1.82, 2.24) is 9.13 Å². The fourth-order valence-electron chi connectivity index (χ4n) is 5.34. The summed E-state index contributed by atoms with van der Waals surface area (Å²) in [6.07, 6.45) is 1.84. The molecule has 1 aliphatic rings. The summed E-state index contributed by atoms with van der Waals surface area (Å²) < 4.78 is 19.9. The number of methoxy groups -OCH3 is 2. The molecule has 2 aromatic heterocycles. The van der Waals surface area contributed by atoms with Gasteiger partial charge in [-0.05, 0) is 69.7 Å². The van der Waals surface area contributed by atoms with E-state index in [2.05, 4.69) is 4.99 Å². The van der Waals surface area contributed by atoms with Crippen LogP contribution in [0.4, 0.5) is 0 Å². The normalized spacial score (nSPS) is 14.8. The molecule has 0 saturated heterocycles. The highest BCUT2D eigenvalue weighted by Gasteiger charge is 2.35. The molecule has 0 spiro atoms. The third kappa shape index (κ3) is 4.98. The summed E-state index contributed by atoms with van der Waals surface area (Å²) >= 11 is 1.26. The summed E-state index contributed by atoms with van der Waals surface area (Å²) in [7, 11) is 2.91. The van der Waals surface area contributed by atoms with Crippen LogP contribution in [0, 0.1) is 13.8 Å². The van der Waals surface area contributed by atoms with Gasteiger partial charge in [-0.15, -0.1) is 0 Å². The standard InChI is InChI=1S/C32H31N3O6S/c1-7-41-31(38)27-19(3)33-32-35(28(27)24-13-8-9-14-25(24)39-5)29(36)26(42-32)17-22-15-18(2)34(20(22)4)23-12-10-11-21(16-23)30(37)40-6/h8-17,28H,7H2,1-6H3/b26-17+/t28-/m0/s1. The minimum atomic E-state index is -0.771. The molecule has 5 rings (SSSR count). The Morgan fingerprint density at radius 1 is 1.02 bits per heavy atom.